The molecule has 42 heavy (non-hydrogen) atoms. The van der Waals surface area contributed by atoms with Crippen molar-refractivity contribution in [3.63, 3.8) is 0 Å². The van der Waals surface area contributed by atoms with E-state index in [1.54, 1.807) is 12.3 Å². The van der Waals surface area contributed by atoms with Gasteiger partial charge in [-0.05, 0) is 90.2 Å². The van der Waals surface area contributed by atoms with Crippen LogP contribution in [0, 0.1) is 0 Å². The molecule has 224 valence electrons. The lowest BCUT2D eigenvalue weighted by molar-refractivity contribution is 0.0565. The Balaban J connectivity index is 1.61. The van der Waals surface area contributed by atoms with Crippen LogP contribution < -0.4 is 16.0 Å². The highest BCUT2D eigenvalue weighted by atomic mass is 16.5. The summed E-state index contributed by atoms with van der Waals surface area (Å²) in [5, 5.41) is 9.58. The third-order valence-electron chi connectivity index (χ3n) is 6.31. The van der Waals surface area contributed by atoms with Gasteiger partial charge in [0.25, 0.3) is 5.91 Å². The first-order valence-corrected chi connectivity index (χ1v) is 14.4. The average molecular weight is 571 g/mol. The van der Waals surface area contributed by atoms with E-state index in [4.69, 9.17) is 4.74 Å². The Labute approximate surface area is 251 Å². The molecule has 8 nitrogen and oxygen atoms in total. The van der Waals surface area contributed by atoms with Crippen LogP contribution in [0.25, 0.3) is 0 Å². The molecule has 0 fully saturated rings. The van der Waals surface area contributed by atoms with E-state index in [9.17, 15) is 4.79 Å². The van der Waals surface area contributed by atoms with E-state index in [0.29, 0.717) is 29.5 Å². The van der Waals surface area contributed by atoms with Crippen LogP contribution in [0.15, 0.2) is 97.8 Å². The molecule has 0 atom stereocenters. The van der Waals surface area contributed by atoms with Gasteiger partial charge >= 0.3 is 0 Å². The van der Waals surface area contributed by atoms with Crippen molar-refractivity contribution in [3.05, 3.63) is 115 Å². The summed E-state index contributed by atoms with van der Waals surface area (Å²) >= 11 is 0. The number of benzene rings is 2. The van der Waals surface area contributed by atoms with E-state index in [1.807, 2.05) is 57.2 Å². The Bertz CT molecular complexity index is 1300. The summed E-state index contributed by atoms with van der Waals surface area (Å²) in [6.45, 7) is 17.4. The Hall–Kier alpha value is -4.30. The molecule has 3 rings (SSSR count). The Morgan fingerprint density at radius 3 is 2.17 bits per heavy atom. The second kappa shape index (κ2) is 15.6. The summed E-state index contributed by atoms with van der Waals surface area (Å²) in [6, 6.07) is 21.5. The fourth-order valence-corrected chi connectivity index (χ4v) is 4.30. The number of hydrogen-bond donors (Lipinski definition) is 3. The van der Waals surface area contributed by atoms with Gasteiger partial charge in [-0.25, -0.2) is 0 Å². The first kappa shape index (κ1) is 32.2. The second-order valence-corrected chi connectivity index (χ2v) is 11.5. The van der Waals surface area contributed by atoms with Gasteiger partial charge in [0.2, 0.25) is 0 Å². The molecule has 2 aromatic carbocycles. The standard InChI is InChI=1S/C34H46N6O2/c1-26(35-21-20-28-14-9-8-10-15-28)40(23-13-22-39(6)7)25-29-18-19-32(36-24-29)33(41)38-31-17-12-11-16-30(31)37-27(2)42-34(3,4)5/h8-12,14-19,24,35,37H,1-2,13,20-23,25H2,3-7H3,(H,38,41). The second-order valence-electron chi connectivity index (χ2n) is 11.5. The van der Waals surface area contributed by atoms with Crippen molar-refractivity contribution < 1.29 is 9.53 Å². The minimum absolute atomic E-state index is 0.298. The van der Waals surface area contributed by atoms with Gasteiger partial charge < -0.3 is 30.5 Å². The predicted octanol–water partition coefficient (Wildman–Crippen LogP) is 6.09. The van der Waals surface area contributed by atoms with Gasteiger partial charge in [-0.15, -0.1) is 0 Å². The average Bonchev–Trinajstić information content (AvgIpc) is 2.93. The van der Waals surface area contributed by atoms with Gasteiger partial charge in [-0.3, -0.25) is 9.78 Å². The predicted molar refractivity (Wildman–Crippen MR) is 173 cm³/mol. The van der Waals surface area contributed by atoms with Crippen molar-refractivity contribution in [2.45, 2.75) is 45.8 Å². The number of aromatic nitrogens is 1. The summed E-state index contributed by atoms with van der Waals surface area (Å²) < 4.78 is 5.78. The molecule has 0 aliphatic heterocycles. The number of carbonyl (C=O) groups excluding carboxylic acids is 1. The number of amides is 1. The third-order valence-corrected chi connectivity index (χ3v) is 6.31. The smallest absolute Gasteiger partial charge is 0.274 e. The largest absolute Gasteiger partial charge is 0.474 e. The molecule has 0 aliphatic carbocycles. The highest BCUT2D eigenvalue weighted by Gasteiger charge is 2.16. The first-order valence-electron chi connectivity index (χ1n) is 14.4. The SMILES string of the molecule is C=C(Nc1ccccc1NC(=O)c1ccc(CN(CCCN(C)C)C(=C)NCCc2ccccc2)cn1)OC(C)(C)C. The highest BCUT2D eigenvalue weighted by molar-refractivity contribution is 6.04. The minimum Gasteiger partial charge on any atom is -0.474 e. The number of nitrogens with zero attached hydrogens (tertiary/aromatic N) is 3. The van der Waals surface area contributed by atoms with E-state index >= 15 is 0 Å². The molecular formula is C34H46N6O2. The quantitative estimate of drug-likeness (QED) is 0.180. The Morgan fingerprint density at radius 1 is 0.881 bits per heavy atom. The zero-order valence-corrected chi connectivity index (χ0v) is 25.7. The number of hydrogen-bond acceptors (Lipinski definition) is 7. The van der Waals surface area contributed by atoms with Gasteiger partial charge in [0.05, 0.1) is 17.2 Å². The van der Waals surface area contributed by atoms with E-state index in [-0.39, 0.29) is 11.5 Å². The molecule has 0 saturated heterocycles. The van der Waals surface area contributed by atoms with Crippen LogP contribution in [-0.2, 0) is 17.7 Å². The summed E-state index contributed by atoms with van der Waals surface area (Å²) in [5.41, 5.74) is 3.52. The number of pyridine rings is 1. The van der Waals surface area contributed by atoms with Crippen molar-refractivity contribution >= 4 is 17.3 Å². The zero-order chi connectivity index (χ0) is 30.5. The maximum Gasteiger partial charge on any atom is 0.274 e. The van der Waals surface area contributed by atoms with Gasteiger partial charge in [-0.1, -0.05) is 55.1 Å². The molecule has 3 aromatic rings. The van der Waals surface area contributed by atoms with Crippen molar-refractivity contribution in [2.75, 3.05) is 44.4 Å². The molecule has 1 heterocycles. The fourth-order valence-electron chi connectivity index (χ4n) is 4.30. The summed E-state index contributed by atoms with van der Waals surface area (Å²) in [7, 11) is 4.16. The minimum atomic E-state index is -0.388. The molecule has 0 radical (unpaired) electrons. The lowest BCUT2D eigenvalue weighted by Crippen LogP contribution is -2.33. The van der Waals surface area contributed by atoms with E-state index in [0.717, 1.165) is 43.9 Å². The van der Waals surface area contributed by atoms with Crippen molar-refractivity contribution in [1.82, 2.24) is 20.1 Å². The first-order chi connectivity index (χ1) is 20.0. The van der Waals surface area contributed by atoms with Crippen LogP contribution >= 0.6 is 0 Å². The summed E-state index contributed by atoms with van der Waals surface area (Å²) in [6.07, 6.45) is 3.68. The number of carbonyl (C=O) groups is 1. The van der Waals surface area contributed by atoms with Crippen molar-refractivity contribution in [2.24, 2.45) is 0 Å². The number of rotatable bonds is 16. The monoisotopic (exact) mass is 570 g/mol. The molecule has 0 unspecified atom stereocenters. The molecule has 3 N–H and O–H groups in total. The number of nitrogens with one attached hydrogen (secondary N) is 3. The Morgan fingerprint density at radius 2 is 1.55 bits per heavy atom. The topological polar surface area (TPSA) is 81.8 Å². The number of para-hydroxylation sites is 2. The molecule has 0 bridgehead atoms. The van der Waals surface area contributed by atoms with E-state index in [1.165, 1.54) is 5.56 Å². The molecule has 0 saturated carbocycles. The molecule has 1 amide bonds. The van der Waals surface area contributed by atoms with Crippen molar-refractivity contribution in [1.29, 1.82) is 0 Å². The molecular weight excluding hydrogens is 524 g/mol. The van der Waals surface area contributed by atoms with Crippen LogP contribution in [0.4, 0.5) is 11.4 Å². The lowest BCUT2D eigenvalue weighted by atomic mass is 10.1. The van der Waals surface area contributed by atoms with E-state index < -0.39 is 0 Å². The number of ether oxygens (including phenoxy) is 1. The molecule has 1 aromatic heterocycles. The van der Waals surface area contributed by atoms with Crippen LogP contribution in [0.3, 0.4) is 0 Å². The van der Waals surface area contributed by atoms with Crippen molar-refractivity contribution in [3.8, 4) is 0 Å². The Kier molecular flexibility index (Phi) is 12.0. The van der Waals surface area contributed by atoms with Gasteiger partial charge in [0.15, 0.2) is 5.88 Å². The van der Waals surface area contributed by atoms with E-state index in [2.05, 4.69) is 82.3 Å². The van der Waals surface area contributed by atoms with Crippen LogP contribution in [0.5, 0.6) is 0 Å². The highest BCUT2D eigenvalue weighted by Crippen LogP contribution is 2.24. The summed E-state index contributed by atoms with van der Waals surface area (Å²) in [4.78, 5) is 22.0. The van der Waals surface area contributed by atoms with Crippen LogP contribution in [0.2, 0.25) is 0 Å². The third kappa shape index (κ3) is 11.3. The molecule has 8 heteroatoms. The maximum absolute atomic E-state index is 13.1. The zero-order valence-electron chi connectivity index (χ0n) is 25.7. The fraction of sp³-hybridized carbons (Fsp3) is 0.353. The number of anilines is 2. The lowest BCUT2D eigenvalue weighted by Gasteiger charge is -2.28. The summed E-state index contributed by atoms with van der Waals surface area (Å²) in [5.74, 6) is 0.985. The van der Waals surface area contributed by atoms with Gasteiger partial charge in [0, 0.05) is 25.8 Å². The van der Waals surface area contributed by atoms with Gasteiger partial charge in [-0.2, -0.15) is 0 Å². The molecule has 0 spiro atoms. The normalized spacial score (nSPS) is 11.1. The van der Waals surface area contributed by atoms with Crippen LogP contribution in [-0.4, -0.2) is 60.0 Å². The van der Waals surface area contributed by atoms with Gasteiger partial charge in [0.1, 0.15) is 11.3 Å². The molecule has 0 aliphatic rings. The van der Waals surface area contributed by atoms with Crippen LogP contribution in [0.1, 0.15) is 48.8 Å². The maximum atomic E-state index is 13.1.